The highest BCUT2D eigenvalue weighted by molar-refractivity contribution is 7.89. The lowest BCUT2D eigenvalue weighted by Gasteiger charge is -2.32. The number of sulfonamides is 1. The van der Waals surface area contributed by atoms with Crippen molar-refractivity contribution < 1.29 is 17.2 Å². The van der Waals surface area contributed by atoms with Crippen LogP contribution in [0.3, 0.4) is 0 Å². The van der Waals surface area contributed by atoms with Gasteiger partial charge in [0.25, 0.3) is 5.89 Å². The summed E-state index contributed by atoms with van der Waals surface area (Å²) in [6.07, 6.45) is 5.17. The molecule has 0 amide bonds. The summed E-state index contributed by atoms with van der Waals surface area (Å²) in [5, 5.41) is 8.04. The summed E-state index contributed by atoms with van der Waals surface area (Å²) < 4.78 is 46.8. The van der Waals surface area contributed by atoms with E-state index in [1.165, 1.54) is 28.7 Å². The van der Waals surface area contributed by atoms with Crippen molar-refractivity contribution in [3.8, 4) is 11.6 Å². The first-order valence-corrected chi connectivity index (χ1v) is 10.3. The molecule has 0 saturated carbocycles. The third-order valence-electron chi connectivity index (χ3n) is 4.58. The van der Waals surface area contributed by atoms with Crippen molar-refractivity contribution in [3.05, 3.63) is 54.1 Å². The van der Waals surface area contributed by atoms with Crippen LogP contribution in [0.25, 0.3) is 11.6 Å². The number of aromatic nitrogens is 4. The lowest BCUT2D eigenvalue weighted by molar-refractivity contribution is 0.220. The van der Waals surface area contributed by atoms with E-state index >= 15 is 0 Å². The zero-order valence-corrected chi connectivity index (χ0v) is 15.9. The van der Waals surface area contributed by atoms with E-state index in [2.05, 4.69) is 20.2 Å². The highest BCUT2D eigenvalue weighted by Gasteiger charge is 2.37. The van der Waals surface area contributed by atoms with Gasteiger partial charge in [-0.3, -0.25) is 4.98 Å². The molecule has 28 heavy (non-hydrogen) atoms. The average molecular weight is 403 g/mol. The summed E-state index contributed by atoms with van der Waals surface area (Å²) >= 11 is 0. The molecule has 3 aromatic rings. The smallest absolute Gasteiger partial charge is 0.267 e. The average Bonchev–Trinajstić information content (AvgIpc) is 3.18. The molecule has 1 fully saturated rings. The van der Waals surface area contributed by atoms with Crippen LogP contribution in [-0.2, 0) is 10.0 Å². The van der Waals surface area contributed by atoms with Crippen LogP contribution in [0, 0.1) is 12.7 Å². The molecule has 0 bridgehead atoms. The normalized spacial score (nSPS) is 18.3. The molecular formula is C18H18FN5O3S. The molecule has 0 unspecified atom stereocenters. The van der Waals surface area contributed by atoms with Gasteiger partial charge in [-0.15, -0.1) is 10.2 Å². The highest BCUT2D eigenvalue weighted by Crippen LogP contribution is 2.35. The van der Waals surface area contributed by atoms with Crippen LogP contribution in [0.4, 0.5) is 4.39 Å². The third-order valence-corrected chi connectivity index (χ3v) is 6.49. The Labute approximate surface area is 161 Å². The Hall–Kier alpha value is -2.72. The Bertz CT molecular complexity index is 1080. The molecule has 3 heterocycles. The Morgan fingerprint density at radius 2 is 2.04 bits per heavy atom. The molecule has 1 aromatic carbocycles. The minimum absolute atomic E-state index is 0.0939. The van der Waals surface area contributed by atoms with Gasteiger partial charge >= 0.3 is 0 Å². The van der Waals surface area contributed by atoms with Gasteiger partial charge in [0.2, 0.25) is 15.9 Å². The zero-order chi connectivity index (χ0) is 19.7. The van der Waals surface area contributed by atoms with Crippen molar-refractivity contribution in [3.63, 3.8) is 0 Å². The Balaban J connectivity index is 1.67. The van der Waals surface area contributed by atoms with Gasteiger partial charge < -0.3 is 4.42 Å². The van der Waals surface area contributed by atoms with E-state index in [1.807, 2.05) is 6.92 Å². The van der Waals surface area contributed by atoms with Crippen LogP contribution in [0.1, 0.15) is 36.9 Å². The van der Waals surface area contributed by atoms with Gasteiger partial charge in [0.1, 0.15) is 17.6 Å². The fraction of sp³-hybridized carbons (Fsp3) is 0.333. The maximum atomic E-state index is 13.6. The minimum atomic E-state index is -3.91. The summed E-state index contributed by atoms with van der Waals surface area (Å²) in [6.45, 7) is 2.11. The first-order valence-electron chi connectivity index (χ1n) is 8.85. The number of halogens is 1. The summed E-state index contributed by atoms with van der Waals surface area (Å²) in [6, 6.07) is 4.37. The number of nitrogens with zero attached hydrogens (tertiary/aromatic N) is 5. The largest absolute Gasteiger partial charge is 0.417 e. The maximum absolute atomic E-state index is 13.6. The van der Waals surface area contributed by atoms with E-state index in [4.69, 9.17) is 4.42 Å². The second-order valence-corrected chi connectivity index (χ2v) is 8.46. The first-order chi connectivity index (χ1) is 13.4. The summed E-state index contributed by atoms with van der Waals surface area (Å²) in [5.41, 5.74) is 1.17. The molecule has 146 valence electrons. The molecule has 1 saturated heterocycles. The van der Waals surface area contributed by atoms with Crippen LogP contribution in [0.2, 0.25) is 0 Å². The number of benzene rings is 1. The number of hydrogen-bond acceptors (Lipinski definition) is 7. The van der Waals surface area contributed by atoms with Crippen molar-refractivity contribution in [2.75, 3.05) is 6.54 Å². The second-order valence-electron chi connectivity index (χ2n) is 6.57. The van der Waals surface area contributed by atoms with Crippen LogP contribution >= 0.6 is 0 Å². The van der Waals surface area contributed by atoms with Gasteiger partial charge in [-0.05, 0) is 38.0 Å². The van der Waals surface area contributed by atoms with E-state index in [0.717, 1.165) is 18.2 Å². The number of aryl methyl sites for hydroxylation is 1. The van der Waals surface area contributed by atoms with Gasteiger partial charge in [0.05, 0.1) is 16.8 Å². The van der Waals surface area contributed by atoms with Crippen molar-refractivity contribution in [2.24, 2.45) is 0 Å². The standard InChI is InChI=1S/C18H18FN5O3S/c1-12-10-21-15(11-20-12)17-22-23-18(27-17)16-7-2-3-8-24(16)28(25,26)14-6-4-5-13(19)9-14/h4-6,9-11,16H,2-3,7-8H2,1H3/t16-/m1/s1. The topological polar surface area (TPSA) is 102 Å². The van der Waals surface area contributed by atoms with Crippen molar-refractivity contribution in [2.45, 2.75) is 37.1 Å². The quantitative estimate of drug-likeness (QED) is 0.660. The monoisotopic (exact) mass is 403 g/mol. The van der Waals surface area contributed by atoms with E-state index in [0.29, 0.717) is 25.1 Å². The fourth-order valence-electron chi connectivity index (χ4n) is 3.18. The van der Waals surface area contributed by atoms with Gasteiger partial charge in [-0.25, -0.2) is 17.8 Å². The molecule has 2 aromatic heterocycles. The molecule has 0 spiro atoms. The Kier molecular flexibility index (Phi) is 4.90. The third kappa shape index (κ3) is 3.52. The fourth-order valence-corrected chi connectivity index (χ4v) is 4.86. The van der Waals surface area contributed by atoms with Gasteiger partial charge in [0, 0.05) is 12.7 Å². The molecule has 1 aliphatic heterocycles. The summed E-state index contributed by atoms with van der Waals surface area (Å²) in [5.74, 6) is -0.235. The minimum Gasteiger partial charge on any atom is -0.417 e. The molecule has 0 radical (unpaired) electrons. The molecule has 1 atom stereocenters. The first kappa shape index (κ1) is 18.6. The summed E-state index contributed by atoms with van der Waals surface area (Å²) in [7, 11) is -3.91. The lowest BCUT2D eigenvalue weighted by atomic mass is 10.1. The SMILES string of the molecule is Cc1cnc(-c2nnc([C@H]3CCCCN3S(=O)(=O)c3cccc(F)c3)o2)cn1. The van der Waals surface area contributed by atoms with Crippen molar-refractivity contribution in [1.29, 1.82) is 0 Å². The van der Waals surface area contributed by atoms with Crippen LogP contribution in [0.5, 0.6) is 0 Å². The molecule has 0 aliphatic carbocycles. The lowest BCUT2D eigenvalue weighted by Crippen LogP contribution is -2.38. The van der Waals surface area contributed by atoms with Gasteiger partial charge in [-0.1, -0.05) is 12.5 Å². The van der Waals surface area contributed by atoms with E-state index in [-0.39, 0.29) is 16.7 Å². The number of rotatable bonds is 4. The Morgan fingerprint density at radius 3 is 2.79 bits per heavy atom. The van der Waals surface area contributed by atoms with Crippen molar-refractivity contribution in [1.82, 2.24) is 24.5 Å². The molecule has 0 N–H and O–H groups in total. The second kappa shape index (κ2) is 7.36. The number of hydrogen-bond donors (Lipinski definition) is 0. The van der Waals surface area contributed by atoms with E-state index < -0.39 is 21.9 Å². The van der Waals surface area contributed by atoms with Gasteiger partial charge in [-0.2, -0.15) is 4.31 Å². The Morgan fingerprint density at radius 1 is 1.18 bits per heavy atom. The van der Waals surface area contributed by atoms with Crippen LogP contribution < -0.4 is 0 Å². The molecule has 4 rings (SSSR count). The maximum Gasteiger partial charge on any atom is 0.267 e. The number of piperidine rings is 1. The van der Waals surface area contributed by atoms with Gasteiger partial charge in [0.15, 0.2) is 0 Å². The van der Waals surface area contributed by atoms with Crippen LogP contribution in [0.15, 0.2) is 46.0 Å². The zero-order valence-electron chi connectivity index (χ0n) is 15.1. The molecular weight excluding hydrogens is 385 g/mol. The highest BCUT2D eigenvalue weighted by atomic mass is 32.2. The van der Waals surface area contributed by atoms with E-state index in [9.17, 15) is 12.8 Å². The van der Waals surface area contributed by atoms with Crippen LogP contribution in [-0.4, -0.2) is 39.4 Å². The van der Waals surface area contributed by atoms with Crippen molar-refractivity contribution >= 4 is 10.0 Å². The predicted molar refractivity (Wildman–Crippen MR) is 96.9 cm³/mol. The molecule has 8 nitrogen and oxygen atoms in total. The molecule has 10 heteroatoms. The summed E-state index contributed by atoms with van der Waals surface area (Å²) in [4.78, 5) is 8.25. The molecule has 1 aliphatic rings. The predicted octanol–water partition coefficient (Wildman–Crippen LogP) is 2.89. The van der Waals surface area contributed by atoms with E-state index in [1.54, 1.807) is 6.20 Å².